The average molecular weight is 635 g/mol. The van der Waals surface area contributed by atoms with Gasteiger partial charge in [0.15, 0.2) is 5.82 Å². The zero-order chi connectivity index (χ0) is 30.9. The van der Waals surface area contributed by atoms with Crippen molar-refractivity contribution in [3.63, 3.8) is 0 Å². The second-order valence-corrected chi connectivity index (χ2v) is 10.8. The van der Waals surface area contributed by atoms with Crippen molar-refractivity contribution >= 4 is 51.8 Å². The van der Waals surface area contributed by atoms with Gasteiger partial charge in [-0.05, 0) is 32.7 Å². The van der Waals surface area contributed by atoms with E-state index in [0.717, 1.165) is 6.54 Å². The number of nitrogens with zero attached hydrogens (tertiary/aromatic N) is 4. The van der Waals surface area contributed by atoms with Crippen molar-refractivity contribution in [2.24, 2.45) is 0 Å². The van der Waals surface area contributed by atoms with Crippen LogP contribution >= 0.6 is 23.2 Å². The van der Waals surface area contributed by atoms with E-state index < -0.39 is 0 Å². The lowest BCUT2D eigenvalue weighted by molar-refractivity contribution is -0.117. The molecular formula is C29H37Cl2N7O5. The molecule has 1 aliphatic rings. The minimum atomic E-state index is -0.249. The summed E-state index contributed by atoms with van der Waals surface area (Å²) in [6, 6.07) is 3.01. The van der Waals surface area contributed by atoms with Gasteiger partial charge in [0.2, 0.25) is 11.9 Å². The van der Waals surface area contributed by atoms with E-state index in [1.165, 1.54) is 20.3 Å². The molecule has 0 aliphatic carbocycles. The summed E-state index contributed by atoms with van der Waals surface area (Å²) >= 11 is 13.4. The number of likely N-dealkylation sites (N-methyl/N-ethyl adjacent to an activating group) is 1. The molecule has 4 rings (SSSR count). The standard InChI is InChI=1S/C29H37Cl2N7O5/c1-6-23(39)34-18-7-10-43-16-20(18)36-29-33-15-17-13-19(24-25(30)21(40-4)14-22(41-5)26(24)31)35-28(27(17)37-29)32-8-11-42-12-9-38(2)3/h6,13-15,18,20H,1,7-12,16H2,2-5H3,(H,32,35)(H,34,39)(H,33,36,37)/t18-,20+/m0/s1. The molecule has 1 amide bonds. The van der Waals surface area contributed by atoms with E-state index in [9.17, 15) is 4.79 Å². The molecule has 3 N–H and O–H groups in total. The van der Waals surface area contributed by atoms with Crippen molar-refractivity contribution in [2.45, 2.75) is 18.5 Å². The normalized spacial score (nSPS) is 16.6. The average Bonchev–Trinajstić information content (AvgIpc) is 3.00. The van der Waals surface area contributed by atoms with Crippen LogP contribution in [0.2, 0.25) is 10.0 Å². The molecule has 0 radical (unpaired) electrons. The molecule has 3 heterocycles. The summed E-state index contributed by atoms with van der Waals surface area (Å²) in [5.74, 6) is 1.39. The number of anilines is 2. The third-order valence-corrected chi connectivity index (χ3v) is 7.55. The number of aromatic nitrogens is 3. The summed E-state index contributed by atoms with van der Waals surface area (Å²) in [5, 5.41) is 10.9. The van der Waals surface area contributed by atoms with E-state index in [4.69, 9.17) is 52.1 Å². The molecule has 1 fully saturated rings. The molecule has 232 valence electrons. The van der Waals surface area contributed by atoms with Gasteiger partial charge in [-0.3, -0.25) is 4.79 Å². The topological polar surface area (TPSA) is 132 Å². The van der Waals surface area contributed by atoms with Crippen LogP contribution in [0.25, 0.3) is 22.2 Å². The third-order valence-electron chi connectivity index (χ3n) is 6.80. The fraction of sp³-hybridized carbons (Fsp3) is 0.448. The van der Waals surface area contributed by atoms with Crippen LogP contribution in [0.4, 0.5) is 11.8 Å². The number of halogens is 2. The van der Waals surface area contributed by atoms with Crippen molar-refractivity contribution in [2.75, 3.05) is 78.5 Å². The zero-order valence-electron chi connectivity index (χ0n) is 24.7. The number of hydrogen-bond acceptors (Lipinski definition) is 11. The van der Waals surface area contributed by atoms with Gasteiger partial charge in [-0.15, -0.1) is 0 Å². The van der Waals surface area contributed by atoms with E-state index in [1.54, 1.807) is 18.3 Å². The smallest absolute Gasteiger partial charge is 0.243 e. The van der Waals surface area contributed by atoms with Gasteiger partial charge in [0.05, 0.1) is 61.9 Å². The number of benzene rings is 1. The summed E-state index contributed by atoms with van der Waals surface area (Å²) in [7, 11) is 7.02. The first-order chi connectivity index (χ1) is 20.7. The van der Waals surface area contributed by atoms with Crippen LogP contribution in [0, 0.1) is 0 Å². The van der Waals surface area contributed by atoms with Crippen LogP contribution in [0.15, 0.2) is 31.0 Å². The summed E-state index contributed by atoms with van der Waals surface area (Å²) < 4.78 is 22.3. The fourth-order valence-corrected chi connectivity index (χ4v) is 5.22. The Morgan fingerprint density at radius 3 is 2.56 bits per heavy atom. The number of ether oxygens (including phenoxy) is 4. The first-order valence-electron chi connectivity index (χ1n) is 13.8. The minimum absolute atomic E-state index is 0.178. The molecule has 1 saturated heterocycles. The van der Waals surface area contributed by atoms with Gasteiger partial charge in [0, 0.05) is 42.9 Å². The van der Waals surface area contributed by atoms with Gasteiger partial charge in [-0.2, -0.15) is 0 Å². The second kappa shape index (κ2) is 15.3. The van der Waals surface area contributed by atoms with Crippen LogP contribution < -0.4 is 25.4 Å². The molecule has 0 bridgehead atoms. The zero-order valence-corrected chi connectivity index (χ0v) is 26.2. The fourth-order valence-electron chi connectivity index (χ4n) is 4.52. The van der Waals surface area contributed by atoms with Crippen LogP contribution in [0.1, 0.15) is 6.42 Å². The molecular weight excluding hydrogens is 597 g/mol. The maximum atomic E-state index is 12.0. The van der Waals surface area contributed by atoms with Gasteiger partial charge in [-0.25, -0.2) is 15.0 Å². The molecule has 1 aliphatic heterocycles. The highest BCUT2D eigenvalue weighted by atomic mass is 35.5. The summed E-state index contributed by atoms with van der Waals surface area (Å²) in [6.45, 7) is 6.80. The Hall–Kier alpha value is -3.42. The molecule has 0 spiro atoms. The summed E-state index contributed by atoms with van der Waals surface area (Å²) in [6.07, 6.45) is 3.58. The Bertz CT molecular complexity index is 1410. The molecule has 43 heavy (non-hydrogen) atoms. The Labute approximate surface area is 261 Å². The number of methoxy groups -OCH3 is 2. The van der Waals surface area contributed by atoms with E-state index in [0.29, 0.717) is 94.9 Å². The lowest BCUT2D eigenvalue weighted by Crippen LogP contribution is -2.52. The molecule has 0 saturated carbocycles. The molecule has 2 aromatic heterocycles. The number of hydrogen-bond donors (Lipinski definition) is 3. The number of rotatable bonds is 14. The van der Waals surface area contributed by atoms with E-state index >= 15 is 0 Å². The number of amides is 1. The van der Waals surface area contributed by atoms with Crippen LogP contribution in [0.3, 0.4) is 0 Å². The Morgan fingerprint density at radius 2 is 1.88 bits per heavy atom. The third kappa shape index (κ3) is 8.15. The summed E-state index contributed by atoms with van der Waals surface area (Å²) in [5.41, 5.74) is 1.50. The van der Waals surface area contributed by atoms with Gasteiger partial charge in [0.1, 0.15) is 17.0 Å². The highest BCUT2D eigenvalue weighted by molar-refractivity contribution is 6.41. The van der Waals surface area contributed by atoms with Gasteiger partial charge < -0.3 is 39.8 Å². The van der Waals surface area contributed by atoms with E-state index in [2.05, 4.69) is 32.4 Å². The van der Waals surface area contributed by atoms with E-state index in [1.807, 2.05) is 14.1 Å². The van der Waals surface area contributed by atoms with Crippen molar-refractivity contribution in [3.8, 4) is 22.8 Å². The van der Waals surface area contributed by atoms with Crippen LogP contribution in [-0.2, 0) is 14.3 Å². The maximum absolute atomic E-state index is 12.0. The van der Waals surface area contributed by atoms with Crippen molar-refractivity contribution < 1.29 is 23.7 Å². The molecule has 2 atom stereocenters. The Balaban J connectivity index is 1.70. The summed E-state index contributed by atoms with van der Waals surface area (Å²) in [4.78, 5) is 28.3. The van der Waals surface area contributed by atoms with E-state index in [-0.39, 0.29) is 18.0 Å². The molecule has 14 heteroatoms. The Morgan fingerprint density at radius 1 is 1.14 bits per heavy atom. The largest absolute Gasteiger partial charge is 0.495 e. The van der Waals surface area contributed by atoms with Crippen LogP contribution in [-0.4, -0.2) is 106 Å². The second-order valence-electron chi connectivity index (χ2n) is 10.0. The Kier molecular flexibility index (Phi) is 11.6. The van der Waals surface area contributed by atoms with Crippen LogP contribution in [0.5, 0.6) is 11.5 Å². The van der Waals surface area contributed by atoms with Crippen molar-refractivity contribution in [1.29, 1.82) is 0 Å². The highest BCUT2D eigenvalue weighted by Gasteiger charge is 2.28. The molecule has 0 unspecified atom stereocenters. The first-order valence-corrected chi connectivity index (χ1v) is 14.5. The SMILES string of the molecule is C=CC(=O)N[C@H]1CCOC[C@H]1Nc1ncc2cc(-c3c(Cl)c(OC)cc(OC)c3Cl)nc(NCCOCCN(C)C)c2n1. The molecule has 1 aromatic carbocycles. The minimum Gasteiger partial charge on any atom is -0.495 e. The number of nitrogens with one attached hydrogen (secondary N) is 3. The molecule has 3 aromatic rings. The lowest BCUT2D eigenvalue weighted by Gasteiger charge is -2.32. The van der Waals surface area contributed by atoms with Gasteiger partial charge >= 0.3 is 0 Å². The van der Waals surface area contributed by atoms with Crippen molar-refractivity contribution in [1.82, 2.24) is 25.2 Å². The first kappa shape index (κ1) is 32.5. The molecule has 12 nitrogen and oxygen atoms in total. The number of carbonyl (C=O) groups is 1. The predicted octanol–water partition coefficient (Wildman–Crippen LogP) is 3.88. The monoisotopic (exact) mass is 633 g/mol. The number of pyridine rings is 1. The lowest BCUT2D eigenvalue weighted by atomic mass is 10.0. The predicted molar refractivity (Wildman–Crippen MR) is 169 cm³/mol. The number of carbonyl (C=O) groups excluding carboxylic acids is 1. The highest BCUT2D eigenvalue weighted by Crippen LogP contribution is 2.46. The van der Waals surface area contributed by atoms with Crippen molar-refractivity contribution in [3.05, 3.63) is 41.0 Å². The number of fused-ring (bicyclic) bond motifs is 1. The quantitative estimate of drug-likeness (QED) is 0.176. The van der Waals surface area contributed by atoms with Gasteiger partial charge in [-0.1, -0.05) is 29.8 Å². The van der Waals surface area contributed by atoms with Gasteiger partial charge in [0.25, 0.3) is 0 Å². The maximum Gasteiger partial charge on any atom is 0.243 e.